The number of rotatable bonds is 3. The molecule has 0 atom stereocenters. The van der Waals surface area contributed by atoms with E-state index in [0.717, 1.165) is 22.2 Å². The first-order valence-electron chi connectivity index (χ1n) is 7.04. The van der Waals surface area contributed by atoms with Gasteiger partial charge in [0.25, 0.3) is 0 Å². The largest absolute Gasteiger partial charge is 0.311 e. The molecule has 19 heavy (non-hydrogen) atoms. The highest BCUT2D eigenvalue weighted by atomic mass is 35.5. The lowest BCUT2D eigenvalue weighted by atomic mass is 9.78. The fourth-order valence-electron chi connectivity index (χ4n) is 3.01. The maximum atomic E-state index is 6.44. The van der Waals surface area contributed by atoms with Gasteiger partial charge in [-0.1, -0.05) is 42.1 Å². The normalized spacial score (nSPS) is 18.8. The van der Waals surface area contributed by atoms with Crippen molar-refractivity contribution in [3.8, 4) is 0 Å². The van der Waals surface area contributed by atoms with E-state index in [-0.39, 0.29) is 11.0 Å². The second-order valence-corrected chi connectivity index (χ2v) is 7.50. The summed E-state index contributed by atoms with van der Waals surface area (Å²) in [6, 6.07) is 5.84. The molecule has 1 aliphatic rings. The van der Waals surface area contributed by atoms with Crippen LogP contribution in [0.5, 0.6) is 0 Å². The lowest BCUT2D eigenvalue weighted by Crippen LogP contribution is -2.45. The van der Waals surface area contributed by atoms with Gasteiger partial charge in [0, 0.05) is 27.5 Å². The number of halogens is 2. The minimum atomic E-state index is 0.0999. The molecule has 0 radical (unpaired) electrons. The molecule has 1 aliphatic carbocycles. The summed E-state index contributed by atoms with van der Waals surface area (Å²) in [5.74, 6) is 0. The third-order valence-corrected chi connectivity index (χ3v) is 4.64. The van der Waals surface area contributed by atoms with Crippen LogP contribution in [0.1, 0.15) is 52.0 Å². The molecule has 106 valence electrons. The monoisotopic (exact) mass is 299 g/mol. The van der Waals surface area contributed by atoms with Gasteiger partial charge in [-0.05, 0) is 51.3 Å². The highest BCUT2D eigenvalue weighted by Crippen LogP contribution is 2.46. The Morgan fingerprint density at radius 1 is 1.11 bits per heavy atom. The van der Waals surface area contributed by atoms with E-state index >= 15 is 0 Å². The Bertz CT molecular complexity index is 422. The van der Waals surface area contributed by atoms with Gasteiger partial charge in [0.15, 0.2) is 0 Å². The van der Waals surface area contributed by atoms with Crippen LogP contribution < -0.4 is 5.32 Å². The van der Waals surface area contributed by atoms with Crippen LogP contribution in [0.3, 0.4) is 0 Å². The van der Waals surface area contributed by atoms with Crippen LogP contribution in [0, 0.1) is 0 Å². The zero-order valence-electron chi connectivity index (χ0n) is 12.0. The predicted molar refractivity (Wildman–Crippen MR) is 84.4 cm³/mol. The van der Waals surface area contributed by atoms with Crippen molar-refractivity contribution in [1.82, 2.24) is 5.32 Å². The number of hydrogen-bond donors (Lipinski definition) is 1. The van der Waals surface area contributed by atoms with E-state index in [1.165, 1.54) is 25.7 Å². The summed E-state index contributed by atoms with van der Waals surface area (Å²) in [6.07, 6.45) is 4.85. The maximum Gasteiger partial charge on any atom is 0.0459 e. The fourth-order valence-corrected chi connectivity index (χ4v) is 3.80. The second kappa shape index (κ2) is 5.63. The molecule has 1 fully saturated rings. The topological polar surface area (TPSA) is 12.0 Å². The first-order chi connectivity index (χ1) is 8.84. The van der Waals surface area contributed by atoms with Crippen LogP contribution in [-0.4, -0.2) is 12.1 Å². The zero-order valence-corrected chi connectivity index (χ0v) is 13.5. The van der Waals surface area contributed by atoms with Crippen molar-refractivity contribution in [2.24, 2.45) is 0 Å². The van der Waals surface area contributed by atoms with Crippen molar-refractivity contribution in [2.75, 3.05) is 6.54 Å². The molecule has 0 spiro atoms. The van der Waals surface area contributed by atoms with Crippen molar-refractivity contribution in [3.63, 3.8) is 0 Å². The number of nitrogens with one attached hydrogen (secondary N) is 1. The van der Waals surface area contributed by atoms with E-state index in [0.29, 0.717) is 0 Å². The van der Waals surface area contributed by atoms with E-state index in [2.05, 4.69) is 26.1 Å². The average Bonchev–Trinajstić information content (AvgIpc) is 2.75. The van der Waals surface area contributed by atoms with Crippen LogP contribution >= 0.6 is 23.2 Å². The van der Waals surface area contributed by atoms with E-state index in [1.54, 1.807) is 0 Å². The quantitative estimate of drug-likeness (QED) is 0.809. The van der Waals surface area contributed by atoms with Crippen LogP contribution in [0.2, 0.25) is 10.0 Å². The first-order valence-corrected chi connectivity index (χ1v) is 7.79. The van der Waals surface area contributed by atoms with Gasteiger partial charge in [-0.2, -0.15) is 0 Å². The number of benzene rings is 1. The molecular weight excluding hydrogens is 277 g/mol. The van der Waals surface area contributed by atoms with Gasteiger partial charge in [-0.3, -0.25) is 0 Å². The lowest BCUT2D eigenvalue weighted by Gasteiger charge is -2.35. The van der Waals surface area contributed by atoms with Crippen molar-refractivity contribution in [2.45, 2.75) is 57.4 Å². The molecule has 1 aromatic carbocycles. The zero-order chi connectivity index (χ0) is 14.1. The van der Waals surface area contributed by atoms with Gasteiger partial charge in [0.2, 0.25) is 0 Å². The van der Waals surface area contributed by atoms with Gasteiger partial charge in [0.05, 0.1) is 0 Å². The molecule has 1 aromatic rings. The highest BCUT2D eigenvalue weighted by Gasteiger charge is 2.39. The van der Waals surface area contributed by atoms with Gasteiger partial charge >= 0.3 is 0 Å². The Balaban J connectivity index is 2.34. The molecule has 0 saturated heterocycles. The molecule has 1 N–H and O–H groups in total. The van der Waals surface area contributed by atoms with Crippen LogP contribution in [-0.2, 0) is 5.41 Å². The van der Waals surface area contributed by atoms with Gasteiger partial charge in [-0.15, -0.1) is 0 Å². The standard InChI is InChI=1S/C16H23Cl2N/c1-15(2,3)19-11-16(9-4-5-10-16)14-12(17)7-6-8-13(14)18/h6-8,19H,4-5,9-11H2,1-3H3. The summed E-state index contributed by atoms with van der Waals surface area (Å²) < 4.78 is 0. The SMILES string of the molecule is CC(C)(C)NCC1(c2c(Cl)cccc2Cl)CCCC1. The van der Waals surface area contributed by atoms with Crippen molar-refractivity contribution < 1.29 is 0 Å². The summed E-state index contributed by atoms with van der Waals surface area (Å²) in [5.41, 5.74) is 1.36. The van der Waals surface area contributed by atoms with Gasteiger partial charge in [0.1, 0.15) is 0 Å². The summed E-state index contributed by atoms with van der Waals surface area (Å²) in [4.78, 5) is 0. The third-order valence-electron chi connectivity index (χ3n) is 4.01. The molecule has 3 heteroatoms. The second-order valence-electron chi connectivity index (χ2n) is 6.69. The highest BCUT2D eigenvalue weighted by molar-refractivity contribution is 6.36. The van der Waals surface area contributed by atoms with E-state index in [4.69, 9.17) is 23.2 Å². The summed E-state index contributed by atoms with van der Waals surface area (Å²) in [5, 5.41) is 5.26. The van der Waals surface area contributed by atoms with Gasteiger partial charge in [-0.25, -0.2) is 0 Å². The molecular formula is C16H23Cl2N. The Labute approximate surface area is 126 Å². The first kappa shape index (κ1) is 15.2. The molecule has 2 rings (SSSR count). The third kappa shape index (κ3) is 3.45. The van der Waals surface area contributed by atoms with Crippen molar-refractivity contribution >= 4 is 23.2 Å². The molecule has 1 saturated carbocycles. The van der Waals surface area contributed by atoms with E-state index in [1.807, 2.05) is 18.2 Å². The van der Waals surface area contributed by atoms with Gasteiger partial charge < -0.3 is 5.32 Å². The van der Waals surface area contributed by atoms with Crippen LogP contribution in [0.4, 0.5) is 0 Å². The molecule has 0 unspecified atom stereocenters. The van der Waals surface area contributed by atoms with Crippen LogP contribution in [0.15, 0.2) is 18.2 Å². The minimum absolute atomic E-state index is 0.0999. The molecule has 1 nitrogen and oxygen atoms in total. The lowest BCUT2D eigenvalue weighted by molar-refractivity contribution is 0.333. The maximum absolute atomic E-state index is 6.44. The molecule has 0 bridgehead atoms. The smallest absolute Gasteiger partial charge is 0.0459 e. The minimum Gasteiger partial charge on any atom is -0.311 e. The summed E-state index contributed by atoms with van der Waals surface area (Å²) >= 11 is 12.9. The van der Waals surface area contributed by atoms with E-state index in [9.17, 15) is 0 Å². The fraction of sp³-hybridized carbons (Fsp3) is 0.625. The molecule has 0 heterocycles. The Kier molecular flexibility index (Phi) is 4.49. The summed E-state index contributed by atoms with van der Waals surface area (Å²) in [7, 11) is 0. The van der Waals surface area contributed by atoms with Crippen molar-refractivity contribution in [3.05, 3.63) is 33.8 Å². The van der Waals surface area contributed by atoms with Crippen molar-refractivity contribution in [1.29, 1.82) is 0 Å². The molecule has 0 amide bonds. The number of hydrogen-bond acceptors (Lipinski definition) is 1. The Morgan fingerprint density at radius 2 is 1.63 bits per heavy atom. The Morgan fingerprint density at radius 3 is 2.11 bits per heavy atom. The summed E-state index contributed by atoms with van der Waals surface area (Å²) in [6.45, 7) is 7.54. The predicted octanol–water partition coefficient (Wildman–Crippen LogP) is 5.19. The Hall–Kier alpha value is -0.240. The molecule has 0 aromatic heterocycles. The van der Waals surface area contributed by atoms with Crippen LogP contribution in [0.25, 0.3) is 0 Å². The molecule has 0 aliphatic heterocycles. The average molecular weight is 300 g/mol. The van der Waals surface area contributed by atoms with E-state index < -0.39 is 0 Å².